The van der Waals surface area contributed by atoms with Gasteiger partial charge in [-0.25, -0.2) is 8.78 Å². The molecule has 0 aliphatic heterocycles. The quantitative estimate of drug-likeness (QED) is 0.679. The Kier molecular flexibility index (Phi) is 4.36. The molecule has 0 spiro atoms. The number of hydrogen-bond acceptors (Lipinski definition) is 2. The van der Waals surface area contributed by atoms with E-state index in [1.54, 1.807) is 0 Å². The van der Waals surface area contributed by atoms with Crippen molar-refractivity contribution in [3.05, 3.63) is 34.4 Å². The van der Waals surface area contributed by atoms with Gasteiger partial charge in [-0.2, -0.15) is 0 Å². The minimum Gasteiger partial charge on any atom is -0.392 e. The van der Waals surface area contributed by atoms with Crippen LogP contribution in [0, 0.1) is 11.6 Å². The van der Waals surface area contributed by atoms with E-state index in [1.807, 2.05) is 0 Å². The van der Waals surface area contributed by atoms with E-state index in [4.69, 9.17) is 17.3 Å². The lowest BCUT2D eigenvalue weighted by atomic mass is 10.2. The van der Waals surface area contributed by atoms with Gasteiger partial charge in [0.25, 0.3) is 5.91 Å². The fraction of sp³-hybridized carbons (Fsp3) is 0.200. The molecule has 0 bridgehead atoms. The SMILES string of the molecule is CN(CC(N)=S)C(=O)c1cc(F)c(Cl)cc1F. The molecule has 0 saturated carbocycles. The van der Waals surface area contributed by atoms with Crippen molar-refractivity contribution < 1.29 is 13.6 Å². The van der Waals surface area contributed by atoms with Gasteiger partial charge in [0.15, 0.2) is 0 Å². The summed E-state index contributed by atoms with van der Waals surface area (Å²) >= 11 is 9.99. The molecule has 0 radical (unpaired) electrons. The number of rotatable bonds is 3. The monoisotopic (exact) mass is 278 g/mol. The fourth-order valence-electron chi connectivity index (χ4n) is 1.20. The van der Waals surface area contributed by atoms with Crippen LogP contribution in [0.5, 0.6) is 0 Å². The number of thiocarbonyl (C=S) groups is 1. The Balaban J connectivity index is 3.04. The number of carbonyl (C=O) groups is 1. The van der Waals surface area contributed by atoms with Gasteiger partial charge < -0.3 is 10.6 Å². The van der Waals surface area contributed by atoms with Crippen molar-refractivity contribution in [1.29, 1.82) is 0 Å². The Bertz CT molecular complexity index is 482. The first kappa shape index (κ1) is 13.8. The summed E-state index contributed by atoms with van der Waals surface area (Å²) in [6.07, 6.45) is 0. The molecule has 0 unspecified atom stereocenters. The number of benzene rings is 1. The summed E-state index contributed by atoms with van der Waals surface area (Å²) in [6.45, 7) is -0.0160. The second-order valence-electron chi connectivity index (χ2n) is 3.37. The number of nitrogens with zero attached hydrogens (tertiary/aromatic N) is 1. The standard InChI is InChI=1S/C10H9ClF2N2OS/c1-15(4-9(14)17)10(16)5-2-8(13)6(11)3-7(5)12/h2-3H,4H2,1H3,(H2,14,17). The third kappa shape index (κ3) is 3.34. The minimum absolute atomic E-state index is 0.0160. The first-order chi connectivity index (χ1) is 7.82. The molecular weight excluding hydrogens is 270 g/mol. The van der Waals surface area contributed by atoms with Crippen LogP contribution in [0.4, 0.5) is 8.78 Å². The molecule has 1 aromatic rings. The predicted octanol–water partition coefficient (Wildman–Crippen LogP) is 1.98. The van der Waals surface area contributed by atoms with E-state index in [9.17, 15) is 13.6 Å². The van der Waals surface area contributed by atoms with Crippen LogP contribution in [0.25, 0.3) is 0 Å². The van der Waals surface area contributed by atoms with Gasteiger partial charge >= 0.3 is 0 Å². The molecule has 17 heavy (non-hydrogen) atoms. The maximum Gasteiger partial charge on any atom is 0.257 e. The molecule has 0 fully saturated rings. The van der Waals surface area contributed by atoms with E-state index < -0.39 is 23.1 Å². The minimum atomic E-state index is -0.892. The number of carbonyl (C=O) groups excluding carboxylic acids is 1. The van der Waals surface area contributed by atoms with E-state index >= 15 is 0 Å². The van der Waals surface area contributed by atoms with Crippen LogP contribution in [0.3, 0.4) is 0 Å². The van der Waals surface area contributed by atoms with E-state index in [2.05, 4.69) is 12.2 Å². The van der Waals surface area contributed by atoms with Crippen LogP contribution < -0.4 is 5.73 Å². The predicted molar refractivity (Wildman–Crippen MR) is 65.1 cm³/mol. The Hall–Kier alpha value is -1.27. The normalized spacial score (nSPS) is 10.1. The summed E-state index contributed by atoms with van der Waals surface area (Å²) in [4.78, 5) is 12.9. The van der Waals surface area contributed by atoms with Crippen molar-refractivity contribution in [3.63, 3.8) is 0 Å². The van der Waals surface area contributed by atoms with Crippen molar-refractivity contribution >= 4 is 34.7 Å². The molecule has 0 aliphatic carbocycles. The van der Waals surface area contributed by atoms with Gasteiger partial charge in [0.1, 0.15) is 11.6 Å². The third-order valence-electron chi connectivity index (χ3n) is 1.98. The molecular formula is C10H9ClF2N2OS. The number of hydrogen-bond donors (Lipinski definition) is 1. The number of likely N-dealkylation sites (N-methyl/N-ethyl adjacent to an activating group) is 1. The van der Waals surface area contributed by atoms with Crippen LogP contribution in [0.2, 0.25) is 5.02 Å². The summed E-state index contributed by atoms with van der Waals surface area (Å²) in [5.41, 5.74) is 4.84. The fourth-order valence-corrected chi connectivity index (χ4v) is 1.54. The lowest BCUT2D eigenvalue weighted by molar-refractivity contribution is 0.0810. The number of nitrogens with two attached hydrogens (primary N) is 1. The zero-order valence-electron chi connectivity index (χ0n) is 8.84. The second-order valence-corrected chi connectivity index (χ2v) is 4.31. The highest BCUT2D eigenvalue weighted by Crippen LogP contribution is 2.20. The van der Waals surface area contributed by atoms with Crippen molar-refractivity contribution in [2.75, 3.05) is 13.6 Å². The van der Waals surface area contributed by atoms with Gasteiger partial charge in [0.2, 0.25) is 0 Å². The van der Waals surface area contributed by atoms with E-state index in [0.717, 1.165) is 17.0 Å². The van der Waals surface area contributed by atoms with Crippen molar-refractivity contribution in [2.24, 2.45) is 5.73 Å². The average molecular weight is 279 g/mol. The maximum absolute atomic E-state index is 13.4. The average Bonchev–Trinajstić information content (AvgIpc) is 2.21. The van der Waals surface area contributed by atoms with E-state index in [1.165, 1.54) is 7.05 Å². The lowest BCUT2D eigenvalue weighted by Crippen LogP contribution is -2.34. The molecule has 1 amide bonds. The molecule has 0 aromatic heterocycles. The van der Waals surface area contributed by atoms with Crippen LogP contribution in [-0.4, -0.2) is 29.4 Å². The molecule has 1 aromatic carbocycles. The summed E-state index contributed by atoms with van der Waals surface area (Å²) < 4.78 is 26.5. The highest BCUT2D eigenvalue weighted by atomic mass is 35.5. The molecule has 92 valence electrons. The first-order valence-corrected chi connectivity index (χ1v) is 5.30. The largest absolute Gasteiger partial charge is 0.392 e. The zero-order valence-corrected chi connectivity index (χ0v) is 10.4. The number of amides is 1. The number of halogens is 3. The van der Waals surface area contributed by atoms with Crippen LogP contribution in [0.1, 0.15) is 10.4 Å². The van der Waals surface area contributed by atoms with Gasteiger partial charge in [-0.3, -0.25) is 4.79 Å². The molecule has 3 nitrogen and oxygen atoms in total. The van der Waals surface area contributed by atoms with Gasteiger partial charge in [-0.05, 0) is 12.1 Å². The van der Waals surface area contributed by atoms with E-state index in [0.29, 0.717) is 0 Å². The zero-order chi connectivity index (χ0) is 13.2. The highest BCUT2D eigenvalue weighted by molar-refractivity contribution is 7.80. The van der Waals surface area contributed by atoms with Crippen LogP contribution in [-0.2, 0) is 0 Å². The Morgan fingerprint density at radius 3 is 2.59 bits per heavy atom. The van der Waals surface area contributed by atoms with Crippen LogP contribution in [0.15, 0.2) is 12.1 Å². The molecule has 0 aliphatic rings. The van der Waals surface area contributed by atoms with Gasteiger partial charge in [0, 0.05) is 7.05 Å². The third-order valence-corrected chi connectivity index (χ3v) is 2.40. The van der Waals surface area contributed by atoms with Gasteiger partial charge in [0.05, 0.1) is 22.1 Å². The lowest BCUT2D eigenvalue weighted by Gasteiger charge is -2.16. The smallest absolute Gasteiger partial charge is 0.257 e. The Morgan fingerprint density at radius 2 is 2.06 bits per heavy atom. The van der Waals surface area contributed by atoms with Gasteiger partial charge in [-0.1, -0.05) is 23.8 Å². The highest BCUT2D eigenvalue weighted by Gasteiger charge is 2.19. The topological polar surface area (TPSA) is 46.3 Å². The molecule has 0 atom stereocenters. The first-order valence-electron chi connectivity index (χ1n) is 4.51. The molecule has 7 heteroatoms. The van der Waals surface area contributed by atoms with Crippen molar-refractivity contribution in [1.82, 2.24) is 4.90 Å². The molecule has 1 rings (SSSR count). The summed E-state index contributed by atoms with van der Waals surface area (Å²) in [5, 5.41) is -0.379. The summed E-state index contributed by atoms with van der Waals surface area (Å²) in [5.74, 6) is -2.47. The van der Waals surface area contributed by atoms with E-state index in [-0.39, 0.29) is 16.6 Å². The summed E-state index contributed by atoms with van der Waals surface area (Å²) in [6, 6.07) is 1.49. The molecule has 0 heterocycles. The van der Waals surface area contributed by atoms with Crippen molar-refractivity contribution in [2.45, 2.75) is 0 Å². The molecule has 0 saturated heterocycles. The van der Waals surface area contributed by atoms with Crippen molar-refractivity contribution in [3.8, 4) is 0 Å². The Morgan fingerprint density at radius 1 is 1.47 bits per heavy atom. The summed E-state index contributed by atoms with van der Waals surface area (Å²) in [7, 11) is 1.38. The second kappa shape index (κ2) is 5.37. The Labute approximate surface area is 107 Å². The van der Waals surface area contributed by atoms with Crippen LogP contribution >= 0.6 is 23.8 Å². The van der Waals surface area contributed by atoms with Gasteiger partial charge in [-0.15, -0.1) is 0 Å². The maximum atomic E-state index is 13.4. The molecule has 2 N–H and O–H groups in total.